The van der Waals surface area contributed by atoms with Crippen LogP contribution in [0.25, 0.3) is 5.82 Å². The Morgan fingerprint density at radius 2 is 1.88 bits per heavy atom. The number of esters is 1. The molecule has 0 saturated carbocycles. The molecule has 0 aliphatic heterocycles. The highest BCUT2D eigenvalue weighted by atomic mass is 19.4. The molecule has 25 heavy (non-hydrogen) atoms. The summed E-state index contributed by atoms with van der Waals surface area (Å²) in [6.07, 6.45) is -2.30. The molecule has 136 valence electrons. The van der Waals surface area contributed by atoms with Crippen molar-refractivity contribution in [3.63, 3.8) is 0 Å². The molecule has 0 radical (unpaired) electrons. The zero-order chi connectivity index (χ0) is 18.8. The van der Waals surface area contributed by atoms with E-state index >= 15 is 0 Å². The Bertz CT molecular complexity index is 746. The number of rotatable bonds is 4. The van der Waals surface area contributed by atoms with E-state index in [1.165, 1.54) is 17.9 Å². The molecule has 0 spiro atoms. The van der Waals surface area contributed by atoms with Crippen LogP contribution in [0.5, 0.6) is 0 Å². The van der Waals surface area contributed by atoms with Crippen molar-refractivity contribution in [2.75, 3.05) is 7.11 Å². The summed E-state index contributed by atoms with van der Waals surface area (Å²) in [5.41, 5.74) is 0.166. The summed E-state index contributed by atoms with van der Waals surface area (Å²) in [4.78, 5) is 11.4. The van der Waals surface area contributed by atoms with Gasteiger partial charge < -0.3 is 4.74 Å². The maximum absolute atomic E-state index is 12.6. The molecule has 9 heteroatoms. The summed E-state index contributed by atoms with van der Waals surface area (Å²) < 4.78 is 43.8. The van der Waals surface area contributed by atoms with Gasteiger partial charge in [-0.2, -0.15) is 18.3 Å². The lowest BCUT2D eigenvalue weighted by atomic mass is 9.88. The number of alkyl halides is 3. The van der Waals surface area contributed by atoms with Gasteiger partial charge in [0.1, 0.15) is 0 Å². The molecule has 0 aliphatic rings. The van der Waals surface area contributed by atoms with E-state index in [1.54, 1.807) is 6.20 Å². The summed E-state index contributed by atoms with van der Waals surface area (Å²) in [7, 11) is 1.31. The molecular formula is C16H19F3N4O2. The highest BCUT2D eigenvalue weighted by Crippen LogP contribution is 2.28. The van der Waals surface area contributed by atoms with Gasteiger partial charge in [0.15, 0.2) is 11.5 Å². The van der Waals surface area contributed by atoms with Crippen LogP contribution in [0.4, 0.5) is 13.2 Å². The SMILES string of the molecule is COC(=O)CCc1cn(-c2ccc(C(F)(F)F)nn2)nc1C(C)(C)C. The zero-order valence-electron chi connectivity index (χ0n) is 14.4. The minimum atomic E-state index is -4.54. The van der Waals surface area contributed by atoms with Crippen LogP contribution in [0.15, 0.2) is 18.3 Å². The third kappa shape index (κ3) is 4.55. The first-order valence-electron chi connectivity index (χ1n) is 7.59. The van der Waals surface area contributed by atoms with E-state index in [0.29, 0.717) is 6.42 Å². The second-order valence-electron chi connectivity index (χ2n) is 6.55. The molecule has 2 aromatic rings. The van der Waals surface area contributed by atoms with Crippen molar-refractivity contribution < 1.29 is 22.7 Å². The highest BCUT2D eigenvalue weighted by Gasteiger charge is 2.33. The molecule has 2 rings (SSSR count). The Balaban J connectivity index is 2.35. The van der Waals surface area contributed by atoms with Crippen molar-refractivity contribution in [2.24, 2.45) is 0 Å². The number of aromatic nitrogens is 4. The Kier molecular flexibility index (Phi) is 5.15. The first-order chi connectivity index (χ1) is 11.5. The number of hydrogen-bond donors (Lipinski definition) is 0. The minimum Gasteiger partial charge on any atom is -0.469 e. The third-order valence-corrected chi connectivity index (χ3v) is 3.50. The van der Waals surface area contributed by atoms with Gasteiger partial charge in [-0.05, 0) is 24.1 Å². The maximum Gasteiger partial charge on any atom is 0.435 e. The second-order valence-corrected chi connectivity index (χ2v) is 6.55. The van der Waals surface area contributed by atoms with Crippen LogP contribution < -0.4 is 0 Å². The van der Waals surface area contributed by atoms with Crippen molar-refractivity contribution in [2.45, 2.75) is 45.2 Å². The number of nitrogens with zero attached hydrogens (tertiary/aromatic N) is 4. The fraction of sp³-hybridized carbons (Fsp3) is 0.500. The van der Waals surface area contributed by atoms with Gasteiger partial charge in [-0.1, -0.05) is 20.8 Å². The minimum absolute atomic E-state index is 0.169. The van der Waals surface area contributed by atoms with Gasteiger partial charge in [0.2, 0.25) is 0 Å². The van der Waals surface area contributed by atoms with Crippen LogP contribution in [-0.4, -0.2) is 33.1 Å². The Hall–Kier alpha value is -2.45. The molecule has 0 bridgehead atoms. The normalized spacial score (nSPS) is 12.3. The van der Waals surface area contributed by atoms with Gasteiger partial charge in [0.05, 0.1) is 12.8 Å². The summed E-state index contributed by atoms with van der Waals surface area (Å²) in [5.74, 6) is -0.176. The van der Waals surface area contributed by atoms with Crippen molar-refractivity contribution in [1.29, 1.82) is 0 Å². The average Bonchev–Trinajstić information content (AvgIpc) is 2.96. The molecule has 6 nitrogen and oxygen atoms in total. The topological polar surface area (TPSA) is 69.9 Å². The summed E-state index contributed by atoms with van der Waals surface area (Å²) in [5, 5.41) is 11.2. The second kappa shape index (κ2) is 6.81. The third-order valence-electron chi connectivity index (χ3n) is 3.50. The van der Waals surface area contributed by atoms with E-state index in [4.69, 9.17) is 0 Å². The van der Waals surface area contributed by atoms with E-state index in [-0.39, 0.29) is 23.6 Å². The van der Waals surface area contributed by atoms with E-state index < -0.39 is 11.9 Å². The van der Waals surface area contributed by atoms with Crippen LogP contribution in [-0.2, 0) is 27.5 Å². The van der Waals surface area contributed by atoms with Crippen molar-refractivity contribution >= 4 is 5.97 Å². The fourth-order valence-corrected chi connectivity index (χ4v) is 2.28. The van der Waals surface area contributed by atoms with Crippen molar-refractivity contribution in [3.8, 4) is 5.82 Å². The van der Waals surface area contributed by atoms with Gasteiger partial charge in [0, 0.05) is 18.0 Å². The van der Waals surface area contributed by atoms with E-state index in [9.17, 15) is 18.0 Å². The monoisotopic (exact) mass is 356 g/mol. The fourth-order valence-electron chi connectivity index (χ4n) is 2.28. The molecule has 0 unspecified atom stereocenters. The number of methoxy groups -OCH3 is 1. The highest BCUT2D eigenvalue weighted by molar-refractivity contribution is 5.69. The quantitative estimate of drug-likeness (QED) is 0.788. The number of ether oxygens (including phenoxy) is 1. The molecule has 2 aromatic heterocycles. The Labute approximate surface area is 143 Å². The van der Waals surface area contributed by atoms with E-state index in [1.807, 2.05) is 20.8 Å². The van der Waals surface area contributed by atoms with Gasteiger partial charge in [-0.3, -0.25) is 4.79 Å². The first-order valence-corrected chi connectivity index (χ1v) is 7.59. The molecule has 0 aliphatic carbocycles. The number of hydrogen-bond acceptors (Lipinski definition) is 5. The predicted octanol–water partition coefficient (Wildman–Crippen LogP) is 3.08. The van der Waals surface area contributed by atoms with Gasteiger partial charge in [-0.15, -0.1) is 10.2 Å². The standard InChI is InChI=1S/C16H19F3N4O2/c1-15(2,3)14-10(5-8-13(24)25-4)9-23(22-14)12-7-6-11(20-21-12)16(17,18)19/h6-7,9H,5,8H2,1-4H3. The smallest absolute Gasteiger partial charge is 0.435 e. The van der Waals surface area contributed by atoms with Crippen molar-refractivity contribution in [3.05, 3.63) is 35.3 Å². The largest absolute Gasteiger partial charge is 0.469 e. The van der Waals surface area contributed by atoms with E-state index in [2.05, 4.69) is 20.0 Å². The first kappa shape index (κ1) is 18.9. The molecule has 0 amide bonds. The van der Waals surface area contributed by atoms with Crippen LogP contribution in [0, 0.1) is 0 Å². The predicted molar refractivity (Wildman–Crippen MR) is 83.2 cm³/mol. The lowest BCUT2D eigenvalue weighted by Gasteiger charge is -2.17. The lowest BCUT2D eigenvalue weighted by Crippen LogP contribution is -2.16. The average molecular weight is 356 g/mol. The van der Waals surface area contributed by atoms with Crippen LogP contribution in [0.3, 0.4) is 0 Å². The van der Waals surface area contributed by atoms with Crippen molar-refractivity contribution in [1.82, 2.24) is 20.0 Å². The molecule has 0 atom stereocenters. The van der Waals surface area contributed by atoms with Gasteiger partial charge in [-0.25, -0.2) is 4.68 Å². The molecule has 2 heterocycles. The lowest BCUT2D eigenvalue weighted by molar-refractivity contribution is -0.142. The summed E-state index contributed by atoms with van der Waals surface area (Å²) >= 11 is 0. The van der Waals surface area contributed by atoms with Crippen LogP contribution in [0.1, 0.15) is 44.1 Å². The summed E-state index contributed by atoms with van der Waals surface area (Å²) in [6.45, 7) is 5.87. The van der Waals surface area contributed by atoms with E-state index in [0.717, 1.165) is 17.3 Å². The molecule has 0 fully saturated rings. The zero-order valence-corrected chi connectivity index (χ0v) is 14.4. The van der Waals surface area contributed by atoms with Gasteiger partial charge >= 0.3 is 12.1 Å². The summed E-state index contributed by atoms with van der Waals surface area (Å²) in [6, 6.07) is 2.06. The molecule has 0 aromatic carbocycles. The number of carbonyl (C=O) groups is 1. The van der Waals surface area contributed by atoms with Crippen LogP contribution in [0.2, 0.25) is 0 Å². The molecular weight excluding hydrogens is 337 g/mol. The number of aryl methyl sites for hydroxylation is 1. The van der Waals surface area contributed by atoms with Crippen LogP contribution >= 0.6 is 0 Å². The number of halogens is 3. The molecule has 0 saturated heterocycles. The Morgan fingerprint density at radius 3 is 2.36 bits per heavy atom. The number of carbonyl (C=O) groups excluding carboxylic acids is 1. The maximum atomic E-state index is 12.6. The molecule has 0 N–H and O–H groups in total. The van der Waals surface area contributed by atoms with Gasteiger partial charge in [0.25, 0.3) is 0 Å². The Morgan fingerprint density at radius 1 is 1.20 bits per heavy atom.